The Bertz CT molecular complexity index is 1100. The Labute approximate surface area is 179 Å². The molecular formula is C20H21N3O7S. The van der Waals surface area contributed by atoms with Crippen molar-refractivity contribution in [3.05, 3.63) is 59.7 Å². The third-order valence-electron chi connectivity index (χ3n) is 4.38. The fraction of sp³-hybridized carbons (Fsp3) is 0.250. The van der Waals surface area contributed by atoms with Gasteiger partial charge in [0.25, 0.3) is 16.0 Å². The van der Waals surface area contributed by atoms with Crippen LogP contribution >= 0.6 is 0 Å². The lowest BCUT2D eigenvalue weighted by Gasteiger charge is -2.13. The number of anilines is 1. The Morgan fingerprint density at radius 3 is 2.35 bits per heavy atom. The van der Waals surface area contributed by atoms with E-state index in [1.165, 1.54) is 12.0 Å². The molecule has 2 aromatic carbocycles. The molecule has 2 aromatic rings. The SMILES string of the molecule is COc1ccc(C(=O)N=C(N)c2ccc(N3CC(COS(C)(=O)=O)OC3=O)cc2)cc1. The Balaban J connectivity index is 1.67. The first-order valence-corrected chi connectivity index (χ1v) is 10.9. The fourth-order valence-corrected chi connectivity index (χ4v) is 3.20. The molecule has 31 heavy (non-hydrogen) atoms. The van der Waals surface area contributed by atoms with Crippen molar-refractivity contribution in [2.24, 2.45) is 10.7 Å². The number of nitrogens with zero attached hydrogens (tertiary/aromatic N) is 2. The van der Waals surface area contributed by atoms with Crippen molar-refractivity contribution in [1.82, 2.24) is 0 Å². The molecule has 1 aliphatic heterocycles. The van der Waals surface area contributed by atoms with Crippen LogP contribution in [-0.2, 0) is 19.0 Å². The standard InChI is InChI=1S/C20H21N3O7S/c1-28-16-9-5-14(6-10-16)19(24)22-18(21)13-3-7-15(8-4-13)23-11-17(30-20(23)25)12-29-31(2,26)27/h3-10,17H,11-12H2,1-2H3,(H2,21,22,24). The van der Waals surface area contributed by atoms with Crippen LogP contribution in [0.1, 0.15) is 15.9 Å². The molecule has 0 bridgehead atoms. The molecular weight excluding hydrogens is 426 g/mol. The molecule has 0 saturated carbocycles. The van der Waals surface area contributed by atoms with Crippen molar-refractivity contribution < 1.29 is 31.7 Å². The summed E-state index contributed by atoms with van der Waals surface area (Å²) in [6.45, 7) is -0.126. The molecule has 164 valence electrons. The van der Waals surface area contributed by atoms with Crippen LogP contribution in [-0.4, -0.2) is 58.9 Å². The number of amidine groups is 1. The van der Waals surface area contributed by atoms with E-state index in [2.05, 4.69) is 9.18 Å². The number of amides is 2. The Morgan fingerprint density at radius 2 is 1.77 bits per heavy atom. The van der Waals surface area contributed by atoms with E-state index in [0.29, 0.717) is 22.6 Å². The Morgan fingerprint density at radius 1 is 1.16 bits per heavy atom. The molecule has 1 unspecified atom stereocenters. The predicted molar refractivity (Wildman–Crippen MR) is 113 cm³/mol. The molecule has 3 rings (SSSR count). The molecule has 1 atom stereocenters. The first-order valence-electron chi connectivity index (χ1n) is 9.12. The highest BCUT2D eigenvalue weighted by Gasteiger charge is 2.33. The molecule has 10 nitrogen and oxygen atoms in total. The zero-order valence-electron chi connectivity index (χ0n) is 16.8. The largest absolute Gasteiger partial charge is 0.497 e. The van der Waals surface area contributed by atoms with Crippen LogP contribution in [0.25, 0.3) is 0 Å². The van der Waals surface area contributed by atoms with E-state index >= 15 is 0 Å². The quantitative estimate of drug-likeness (QED) is 0.383. The summed E-state index contributed by atoms with van der Waals surface area (Å²) in [5.41, 5.74) is 7.33. The van der Waals surface area contributed by atoms with Crippen molar-refractivity contribution in [2.45, 2.75) is 6.10 Å². The van der Waals surface area contributed by atoms with Gasteiger partial charge >= 0.3 is 6.09 Å². The second-order valence-corrected chi connectivity index (χ2v) is 8.33. The van der Waals surface area contributed by atoms with Gasteiger partial charge in [0, 0.05) is 16.8 Å². The average Bonchev–Trinajstić information content (AvgIpc) is 3.12. The number of cyclic esters (lactones) is 1. The average molecular weight is 447 g/mol. The molecule has 0 radical (unpaired) electrons. The maximum absolute atomic E-state index is 12.3. The van der Waals surface area contributed by atoms with Crippen LogP contribution in [0.5, 0.6) is 5.75 Å². The highest BCUT2D eigenvalue weighted by Crippen LogP contribution is 2.22. The molecule has 1 aliphatic rings. The summed E-state index contributed by atoms with van der Waals surface area (Å²) in [4.78, 5) is 29.6. The van der Waals surface area contributed by atoms with Crippen molar-refractivity contribution in [3.8, 4) is 5.75 Å². The van der Waals surface area contributed by atoms with E-state index in [-0.39, 0.29) is 19.0 Å². The van der Waals surface area contributed by atoms with E-state index in [1.807, 2.05) is 0 Å². The Hall–Kier alpha value is -3.44. The van der Waals surface area contributed by atoms with Crippen LogP contribution in [0, 0.1) is 0 Å². The van der Waals surface area contributed by atoms with E-state index < -0.39 is 28.2 Å². The van der Waals surface area contributed by atoms with Gasteiger partial charge in [0.05, 0.1) is 19.9 Å². The monoisotopic (exact) mass is 447 g/mol. The van der Waals surface area contributed by atoms with Gasteiger partial charge in [0.15, 0.2) is 0 Å². The number of methoxy groups -OCH3 is 1. The maximum Gasteiger partial charge on any atom is 0.414 e. The molecule has 0 spiro atoms. The molecule has 1 saturated heterocycles. The number of aliphatic imine (C=N–C) groups is 1. The predicted octanol–water partition coefficient (Wildman–Crippen LogP) is 1.54. The maximum atomic E-state index is 12.3. The minimum absolute atomic E-state index is 0.0239. The number of hydrogen-bond acceptors (Lipinski definition) is 7. The number of carbonyl (C=O) groups is 2. The van der Waals surface area contributed by atoms with Gasteiger partial charge < -0.3 is 15.2 Å². The minimum atomic E-state index is -3.63. The smallest absolute Gasteiger partial charge is 0.414 e. The zero-order valence-corrected chi connectivity index (χ0v) is 17.7. The second-order valence-electron chi connectivity index (χ2n) is 6.68. The van der Waals surface area contributed by atoms with Crippen LogP contribution in [0.3, 0.4) is 0 Å². The van der Waals surface area contributed by atoms with Gasteiger partial charge in [-0.25, -0.2) is 4.79 Å². The third-order valence-corrected chi connectivity index (χ3v) is 4.94. The second kappa shape index (κ2) is 9.14. The Kier molecular flexibility index (Phi) is 6.56. The lowest BCUT2D eigenvalue weighted by molar-refractivity contribution is 0.100. The summed E-state index contributed by atoms with van der Waals surface area (Å²) in [7, 11) is -2.10. The van der Waals surface area contributed by atoms with E-state index in [9.17, 15) is 18.0 Å². The molecule has 2 N–H and O–H groups in total. The number of hydrogen-bond donors (Lipinski definition) is 1. The molecule has 11 heteroatoms. The van der Waals surface area contributed by atoms with Crippen LogP contribution in [0.15, 0.2) is 53.5 Å². The van der Waals surface area contributed by atoms with Crippen LogP contribution < -0.4 is 15.4 Å². The highest BCUT2D eigenvalue weighted by molar-refractivity contribution is 7.85. The van der Waals surface area contributed by atoms with Gasteiger partial charge in [0.1, 0.15) is 24.3 Å². The number of rotatable bonds is 7. The van der Waals surface area contributed by atoms with E-state index in [0.717, 1.165) is 6.26 Å². The van der Waals surface area contributed by atoms with E-state index in [4.69, 9.17) is 15.2 Å². The lowest BCUT2D eigenvalue weighted by Crippen LogP contribution is -2.26. The normalized spacial score (nSPS) is 16.8. The topological polar surface area (TPSA) is 138 Å². The first-order chi connectivity index (χ1) is 14.7. The van der Waals surface area contributed by atoms with Crippen LogP contribution in [0.2, 0.25) is 0 Å². The molecule has 1 heterocycles. The summed E-state index contributed by atoms with van der Waals surface area (Å²) >= 11 is 0. The summed E-state index contributed by atoms with van der Waals surface area (Å²) in [5.74, 6) is 0.145. The van der Waals surface area contributed by atoms with Crippen molar-refractivity contribution >= 4 is 33.6 Å². The molecule has 2 amide bonds. The summed E-state index contributed by atoms with van der Waals surface area (Å²) in [6, 6.07) is 12.9. The van der Waals surface area contributed by atoms with E-state index in [1.54, 1.807) is 48.5 Å². The summed E-state index contributed by atoms with van der Waals surface area (Å²) in [6.07, 6.45) is -0.409. The van der Waals surface area contributed by atoms with Crippen molar-refractivity contribution in [2.75, 3.05) is 31.4 Å². The van der Waals surface area contributed by atoms with Gasteiger partial charge in [-0.1, -0.05) is 0 Å². The number of nitrogens with two attached hydrogens (primary N) is 1. The van der Waals surface area contributed by atoms with Gasteiger partial charge in [0.2, 0.25) is 0 Å². The molecule has 1 fully saturated rings. The third kappa shape index (κ3) is 5.80. The number of benzene rings is 2. The molecule has 0 aromatic heterocycles. The van der Waals surface area contributed by atoms with Gasteiger partial charge in [-0.2, -0.15) is 13.4 Å². The number of carbonyl (C=O) groups excluding carboxylic acids is 2. The summed E-state index contributed by atoms with van der Waals surface area (Å²) in [5, 5.41) is 0. The van der Waals surface area contributed by atoms with Gasteiger partial charge in [-0.05, 0) is 48.5 Å². The lowest BCUT2D eigenvalue weighted by atomic mass is 10.1. The summed E-state index contributed by atoms with van der Waals surface area (Å²) < 4.78 is 37.0. The molecule has 0 aliphatic carbocycles. The van der Waals surface area contributed by atoms with Crippen molar-refractivity contribution in [3.63, 3.8) is 0 Å². The minimum Gasteiger partial charge on any atom is -0.497 e. The number of ether oxygens (including phenoxy) is 2. The van der Waals surface area contributed by atoms with Gasteiger partial charge in [-0.3, -0.25) is 13.9 Å². The van der Waals surface area contributed by atoms with Crippen molar-refractivity contribution in [1.29, 1.82) is 0 Å². The zero-order chi connectivity index (χ0) is 22.6. The fourth-order valence-electron chi connectivity index (χ4n) is 2.80. The highest BCUT2D eigenvalue weighted by atomic mass is 32.2. The first kappa shape index (κ1) is 22.2. The van der Waals surface area contributed by atoms with Gasteiger partial charge in [-0.15, -0.1) is 0 Å². The van der Waals surface area contributed by atoms with Crippen LogP contribution in [0.4, 0.5) is 10.5 Å².